The molecule has 1 atom stereocenters. The fraction of sp³-hybridized carbons (Fsp3) is 0.500. The molecule has 6 nitrogen and oxygen atoms in total. The Labute approximate surface area is 163 Å². The Bertz CT molecular complexity index is 701. The average molecular weight is 392 g/mol. The van der Waals surface area contributed by atoms with Gasteiger partial charge in [-0.25, -0.2) is 0 Å². The van der Waals surface area contributed by atoms with Crippen LogP contribution >= 0.6 is 23.1 Å². The number of carbonyl (C=O) groups excluding carboxylic acids is 1. The summed E-state index contributed by atoms with van der Waals surface area (Å²) < 4.78 is 0.840. The number of aromatic nitrogens is 2. The van der Waals surface area contributed by atoms with Crippen molar-refractivity contribution in [2.45, 2.75) is 29.9 Å². The number of anilines is 2. The number of benzene rings is 1. The lowest BCUT2D eigenvalue weighted by molar-refractivity contribution is -0.130. The Morgan fingerprint density at radius 1 is 1.23 bits per heavy atom. The van der Waals surface area contributed by atoms with Gasteiger partial charge in [-0.05, 0) is 25.5 Å². The molecule has 1 amide bonds. The van der Waals surface area contributed by atoms with Crippen molar-refractivity contribution >= 4 is 39.8 Å². The van der Waals surface area contributed by atoms with Crippen LogP contribution in [0.15, 0.2) is 34.7 Å². The first kappa shape index (κ1) is 19.0. The highest BCUT2D eigenvalue weighted by Crippen LogP contribution is 2.30. The van der Waals surface area contributed by atoms with E-state index in [0.717, 1.165) is 48.6 Å². The number of hydrogen-bond acceptors (Lipinski definition) is 7. The monoisotopic (exact) mass is 391 g/mol. The second-order valence-corrected chi connectivity index (χ2v) is 8.77. The van der Waals surface area contributed by atoms with E-state index in [0.29, 0.717) is 0 Å². The number of nitrogens with zero attached hydrogens (tertiary/aromatic N) is 4. The molecule has 26 heavy (non-hydrogen) atoms. The van der Waals surface area contributed by atoms with Crippen LogP contribution in [0.3, 0.4) is 0 Å². The van der Waals surface area contributed by atoms with Gasteiger partial charge in [-0.1, -0.05) is 48.2 Å². The summed E-state index contributed by atoms with van der Waals surface area (Å²) >= 11 is 3.01. The van der Waals surface area contributed by atoms with Gasteiger partial charge in [0.15, 0.2) is 4.34 Å². The van der Waals surface area contributed by atoms with Crippen LogP contribution in [0.1, 0.15) is 20.3 Å². The van der Waals surface area contributed by atoms with Crippen LogP contribution in [0.4, 0.5) is 10.8 Å². The Hall–Kier alpha value is -1.80. The van der Waals surface area contributed by atoms with Gasteiger partial charge >= 0.3 is 0 Å². The molecule has 0 bridgehead atoms. The van der Waals surface area contributed by atoms with E-state index in [1.807, 2.05) is 17.9 Å². The van der Waals surface area contributed by atoms with E-state index in [9.17, 15) is 4.79 Å². The molecule has 0 radical (unpaired) electrons. The molecular formula is C18H25N5OS2. The summed E-state index contributed by atoms with van der Waals surface area (Å²) in [5.41, 5.74) is 1.22. The first-order valence-corrected chi connectivity index (χ1v) is 10.7. The van der Waals surface area contributed by atoms with Crippen LogP contribution in [0, 0.1) is 0 Å². The molecule has 2 aromatic rings. The highest BCUT2D eigenvalue weighted by Gasteiger charge is 2.26. The largest absolute Gasteiger partial charge is 0.368 e. The Balaban J connectivity index is 1.49. The highest BCUT2D eigenvalue weighted by atomic mass is 32.2. The minimum Gasteiger partial charge on any atom is -0.368 e. The normalized spacial score (nSPS) is 15.8. The fourth-order valence-electron chi connectivity index (χ4n) is 2.84. The summed E-state index contributed by atoms with van der Waals surface area (Å²) in [7, 11) is 0. The van der Waals surface area contributed by atoms with Crippen molar-refractivity contribution in [3.63, 3.8) is 0 Å². The molecular weight excluding hydrogens is 366 g/mol. The standard InChI is InChI=1S/C18H25N5OS2/c1-3-9-19-17-20-21-18(26-17)25-14(2)16(24)23-12-10-22(11-13-23)15-7-5-4-6-8-15/h4-8,14H,3,9-13H2,1-2H3,(H,19,20)/t14-/m1/s1. The minimum absolute atomic E-state index is 0.148. The topological polar surface area (TPSA) is 61.4 Å². The second-order valence-electron chi connectivity index (χ2n) is 6.21. The number of piperazine rings is 1. The van der Waals surface area contributed by atoms with Crippen LogP contribution in [-0.2, 0) is 4.79 Å². The summed E-state index contributed by atoms with van der Waals surface area (Å²) in [4.78, 5) is 17.0. The molecule has 1 N–H and O–H groups in total. The number of thioether (sulfide) groups is 1. The molecule has 0 aliphatic carbocycles. The first-order chi connectivity index (χ1) is 12.7. The zero-order valence-electron chi connectivity index (χ0n) is 15.2. The number of carbonyl (C=O) groups is 1. The summed E-state index contributed by atoms with van der Waals surface area (Å²) in [6.07, 6.45) is 1.05. The summed E-state index contributed by atoms with van der Waals surface area (Å²) in [5.74, 6) is 0.181. The minimum atomic E-state index is -0.148. The van der Waals surface area contributed by atoms with Gasteiger partial charge < -0.3 is 15.1 Å². The molecule has 1 saturated heterocycles. The van der Waals surface area contributed by atoms with Crippen LogP contribution in [0.2, 0.25) is 0 Å². The van der Waals surface area contributed by atoms with Gasteiger partial charge in [0.2, 0.25) is 11.0 Å². The van der Waals surface area contributed by atoms with Crippen molar-refractivity contribution in [3.05, 3.63) is 30.3 Å². The van der Waals surface area contributed by atoms with Crippen LogP contribution in [0.5, 0.6) is 0 Å². The van der Waals surface area contributed by atoms with E-state index in [-0.39, 0.29) is 11.2 Å². The zero-order chi connectivity index (χ0) is 18.4. The van der Waals surface area contributed by atoms with Crippen molar-refractivity contribution in [2.24, 2.45) is 0 Å². The SMILES string of the molecule is CCCNc1nnc(S[C@H](C)C(=O)N2CCN(c3ccccc3)CC2)s1. The van der Waals surface area contributed by atoms with E-state index in [2.05, 4.69) is 51.6 Å². The number of para-hydroxylation sites is 1. The zero-order valence-corrected chi connectivity index (χ0v) is 16.9. The maximum atomic E-state index is 12.8. The van der Waals surface area contributed by atoms with Gasteiger partial charge in [0.25, 0.3) is 0 Å². The lowest BCUT2D eigenvalue weighted by Crippen LogP contribution is -2.50. The second kappa shape index (κ2) is 9.23. The van der Waals surface area contributed by atoms with Gasteiger partial charge in [0, 0.05) is 38.4 Å². The number of rotatable bonds is 7. The molecule has 3 rings (SSSR count). The van der Waals surface area contributed by atoms with E-state index >= 15 is 0 Å². The smallest absolute Gasteiger partial charge is 0.235 e. The van der Waals surface area contributed by atoms with Crippen LogP contribution in [-0.4, -0.2) is 59.0 Å². The molecule has 140 valence electrons. The third-order valence-electron chi connectivity index (χ3n) is 4.27. The Morgan fingerprint density at radius 2 is 1.96 bits per heavy atom. The quantitative estimate of drug-likeness (QED) is 0.732. The molecule has 0 spiro atoms. The molecule has 0 unspecified atom stereocenters. The highest BCUT2D eigenvalue weighted by molar-refractivity contribution is 8.02. The van der Waals surface area contributed by atoms with Crippen LogP contribution in [0.25, 0.3) is 0 Å². The predicted octanol–water partition coefficient (Wildman–Crippen LogP) is 3.19. The van der Waals surface area contributed by atoms with E-state index in [4.69, 9.17) is 0 Å². The molecule has 2 heterocycles. The molecule has 1 aliphatic rings. The van der Waals surface area contributed by atoms with Gasteiger partial charge in [-0.2, -0.15) is 0 Å². The molecule has 1 fully saturated rings. The van der Waals surface area contributed by atoms with Gasteiger partial charge in [0.05, 0.1) is 5.25 Å². The van der Waals surface area contributed by atoms with Crippen molar-refractivity contribution < 1.29 is 4.79 Å². The lowest BCUT2D eigenvalue weighted by atomic mass is 10.2. The van der Waals surface area contributed by atoms with Crippen molar-refractivity contribution in [2.75, 3.05) is 42.9 Å². The van der Waals surface area contributed by atoms with Gasteiger partial charge in [0.1, 0.15) is 0 Å². The summed E-state index contributed by atoms with van der Waals surface area (Å²) in [6.45, 7) is 8.22. The predicted molar refractivity (Wildman–Crippen MR) is 109 cm³/mol. The summed E-state index contributed by atoms with van der Waals surface area (Å²) in [6, 6.07) is 10.4. The molecule has 8 heteroatoms. The maximum absolute atomic E-state index is 12.8. The number of nitrogens with one attached hydrogen (secondary N) is 1. The molecule has 1 aromatic heterocycles. The molecule has 1 aliphatic heterocycles. The molecule has 1 aromatic carbocycles. The first-order valence-electron chi connectivity index (χ1n) is 9.00. The van der Waals surface area contributed by atoms with Gasteiger partial charge in [-0.3, -0.25) is 4.79 Å². The fourth-order valence-corrected chi connectivity index (χ4v) is 4.85. The van der Waals surface area contributed by atoms with Crippen molar-refractivity contribution in [1.29, 1.82) is 0 Å². The third-order valence-corrected chi connectivity index (χ3v) is 6.32. The average Bonchev–Trinajstić information content (AvgIpc) is 3.13. The lowest BCUT2D eigenvalue weighted by Gasteiger charge is -2.37. The maximum Gasteiger partial charge on any atom is 0.235 e. The summed E-state index contributed by atoms with van der Waals surface area (Å²) in [5, 5.41) is 12.2. The Morgan fingerprint density at radius 3 is 2.65 bits per heavy atom. The van der Waals surface area contributed by atoms with Crippen molar-refractivity contribution in [3.8, 4) is 0 Å². The van der Waals surface area contributed by atoms with E-state index in [1.54, 1.807) is 0 Å². The van der Waals surface area contributed by atoms with Crippen LogP contribution < -0.4 is 10.2 Å². The Kier molecular flexibility index (Phi) is 6.73. The number of hydrogen-bond donors (Lipinski definition) is 1. The molecule has 0 saturated carbocycles. The number of amides is 1. The van der Waals surface area contributed by atoms with E-state index in [1.165, 1.54) is 28.8 Å². The van der Waals surface area contributed by atoms with E-state index < -0.39 is 0 Å². The van der Waals surface area contributed by atoms with Gasteiger partial charge in [-0.15, -0.1) is 10.2 Å². The third kappa shape index (κ3) is 4.88. The van der Waals surface area contributed by atoms with Crippen molar-refractivity contribution in [1.82, 2.24) is 15.1 Å².